The van der Waals surface area contributed by atoms with Crippen LogP contribution in [0.3, 0.4) is 0 Å². The lowest BCUT2D eigenvalue weighted by molar-refractivity contribution is 0.154. The van der Waals surface area contributed by atoms with E-state index in [1.807, 2.05) is 0 Å². The molecule has 0 unspecified atom stereocenters. The number of hydrogen-bond acceptors (Lipinski definition) is 7. The molecule has 3 rings (SSSR count). The molecule has 1 aromatic carbocycles. The van der Waals surface area contributed by atoms with E-state index in [0.717, 1.165) is 0 Å². The molecule has 17 heavy (non-hydrogen) atoms. The first-order valence-electron chi connectivity index (χ1n) is 4.73. The summed E-state index contributed by atoms with van der Waals surface area (Å²) in [6, 6.07) is 5.01. The van der Waals surface area contributed by atoms with Gasteiger partial charge in [-0.1, -0.05) is 10.1 Å². The molecule has 2 heterocycles. The van der Waals surface area contributed by atoms with Crippen molar-refractivity contribution in [3.05, 3.63) is 24.0 Å². The monoisotopic (exact) mass is 233 g/mol. The second-order valence-electron chi connectivity index (χ2n) is 3.25. The van der Waals surface area contributed by atoms with Gasteiger partial charge >= 0.3 is 0 Å². The highest BCUT2D eigenvalue weighted by atomic mass is 16.5. The van der Waals surface area contributed by atoms with Gasteiger partial charge in [0.1, 0.15) is 16.8 Å². The Morgan fingerprint density at radius 2 is 2.29 bits per heavy atom. The largest absolute Gasteiger partial charge is 0.485 e. The van der Waals surface area contributed by atoms with Gasteiger partial charge in [0.25, 0.3) is 0 Å². The number of nitrogens with one attached hydrogen (secondary N) is 1. The number of ether oxygens (including phenoxy) is 1. The standard InChI is InChI=1S/C8H7N7O2/c16-15-7-2-1-5(3-6(7)9-14-15)17-4-8-10-12-13-11-8/h1-3,16H,4H2,(H,10,11,12,13). The summed E-state index contributed by atoms with van der Waals surface area (Å²) in [7, 11) is 0. The van der Waals surface area contributed by atoms with Crippen molar-refractivity contribution in [1.82, 2.24) is 35.8 Å². The van der Waals surface area contributed by atoms with E-state index in [4.69, 9.17) is 4.74 Å². The first-order chi connectivity index (χ1) is 8.33. The molecule has 0 saturated carbocycles. The maximum absolute atomic E-state index is 9.25. The molecular formula is C8H7N7O2. The summed E-state index contributed by atoms with van der Waals surface area (Å²) in [6.07, 6.45) is 0. The zero-order valence-corrected chi connectivity index (χ0v) is 8.48. The Morgan fingerprint density at radius 3 is 3.12 bits per heavy atom. The van der Waals surface area contributed by atoms with Gasteiger partial charge in [-0.25, -0.2) is 0 Å². The first-order valence-corrected chi connectivity index (χ1v) is 4.73. The normalized spacial score (nSPS) is 10.8. The van der Waals surface area contributed by atoms with Crippen molar-refractivity contribution in [1.29, 1.82) is 0 Å². The number of nitrogens with zero attached hydrogens (tertiary/aromatic N) is 6. The van der Waals surface area contributed by atoms with E-state index in [1.165, 1.54) is 0 Å². The highest BCUT2D eigenvalue weighted by Crippen LogP contribution is 2.18. The van der Waals surface area contributed by atoms with Crippen molar-refractivity contribution in [2.75, 3.05) is 0 Å². The second-order valence-corrected chi connectivity index (χ2v) is 3.25. The predicted octanol–water partition coefficient (Wildman–Crippen LogP) is -0.239. The molecule has 9 heteroatoms. The maximum atomic E-state index is 9.25. The van der Waals surface area contributed by atoms with Gasteiger partial charge in [-0.2, -0.15) is 5.21 Å². The lowest BCUT2D eigenvalue weighted by Gasteiger charge is -2.02. The van der Waals surface area contributed by atoms with Crippen LogP contribution in [0.15, 0.2) is 18.2 Å². The van der Waals surface area contributed by atoms with Crippen LogP contribution < -0.4 is 4.74 Å². The number of aromatic nitrogens is 7. The molecule has 0 bridgehead atoms. The molecule has 0 aliphatic rings. The van der Waals surface area contributed by atoms with Crippen LogP contribution in [0, 0.1) is 0 Å². The second kappa shape index (κ2) is 3.70. The quantitative estimate of drug-likeness (QED) is 0.600. The molecule has 0 spiro atoms. The van der Waals surface area contributed by atoms with Gasteiger partial charge in [0, 0.05) is 6.07 Å². The Bertz CT molecular complexity index is 632. The molecule has 2 N–H and O–H groups in total. The van der Waals surface area contributed by atoms with Crippen LogP contribution in [0.25, 0.3) is 11.0 Å². The topological polar surface area (TPSA) is 115 Å². The van der Waals surface area contributed by atoms with Crippen molar-refractivity contribution in [3.63, 3.8) is 0 Å². The van der Waals surface area contributed by atoms with Gasteiger partial charge in [-0.15, -0.1) is 15.3 Å². The molecule has 9 nitrogen and oxygen atoms in total. The summed E-state index contributed by atoms with van der Waals surface area (Å²) in [6.45, 7) is 0.204. The van der Waals surface area contributed by atoms with Crippen LogP contribution in [0.1, 0.15) is 5.82 Å². The molecule has 86 valence electrons. The molecule has 0 fully saturated rings. The van der Waals surface area contributed by atoms with Crippen molar-refractivity contribution < 1.29 is 9.94 Å². The maximum Gasteiger partial charge on any atom is 0.211 e. The van der Waals surface area contributed by atoms with Crippen LogP contribution in [0.4, 0.5) is 0 Å². The average Bonchev–Trinajstić information content (AvgIpc) is 2.97. The third-order valence-electron chi connectivity index (χ3n) is 2.16. The Labute approximate surface area is 94.0 Å². The first kappa shape index (κ1) is 9.51. The van der Waals surface area contributed by atoms with Crippen LogP contribution >= 0.6 is 0 Å². The van der Waals surface area contributed by atoms with E-state index in [9.17, 15) is 5.21 Å². The Hall–Kier alpha value is -2.71. The molecule has 0 saturated heterocycles. The van der Waals surface area contributed by atoms with Crippen LogP contribution in [-0.4, -0.2) is 41.0 Å². The smallest absolute Gasteiger partial charge is 0.211 e. The zero-order valence-electron chi connectivity index (χ0n) is 8.48. The highest BCUT2D eigenvalue weighted by molar-refractivity contribution is 5.75. The average molecular weight is 233 g/mol. The van der Waals surface area contributed by atoms with Gasteiger partial charge in [0.05, 0.1) is 0 Å². The minimum Gasteiger partial charge on any atom is -0.485 e. The third-order valence-corrected chi connectivity index (χ3v) is 2.16. The summed E-state index contributed by atoms with van der Waals surface area (Å²) in [5.74, 6) is 1.04. The minimum atomic E-state index is 0.204. The van der Waals surface area contributed by atoms with Crippen LogP contribution in [-0.2, 0) is 6.61 Å². The number of hydrogen-bond donors (Lipinski definition) is 2. The molecule has 0 amide bonds. The van der Waals surface area contributed by atoms with E-state index in [-0.39, 0.29) is 6.61 Å². The molecule has 0 aliphatic carbocycles. The third kappa shape index (κ3) is 1.73. The lowest BCUT2D eigenvalue weighted by Crippen LogP contribution is -1.97. The summed E-state index contributed by atoms with van der Waals surface area (Å²) in [5, 5.41) is 29.7. The van der Waals surface area contributed by atoms with Crippen molar-refractivity contribution in [3.8, 4) is 5.75 Å². The predicted molar refractivity (Wildman–Crippen MR) is 53.2 cm³/mol. The summed E-state index contributed by atoms with van der Waals surface area (Å²) < 4.78 is 5.42. The SMILES string of the molecule is On1nnc2cc(OCc3nn[nH]n3)ccc21. The van der Waals surface area contributed by atoms with Crippen molar-refractivity contribution in [2.24, 2.45) is 0 Å². The van der Waals surface area contributed by atoms with Gasteiger partial charge in [-0.05, 0) is 17.3 Å². The van der Waals surface area contributed by atoms with Crippen molar-refractivity contribution >= 4 is 11.0 Å². The van der Waals surface area contributed by atoms with E-state index in [0.29, 0.717) is 27.5 Å². The fourth-order valence-electron chi connectivity index (χ4n) is 1.37. The Morgan fingerprint density at radius 1 is 1.35 bits per heavy atom. The number of H-pyrrole nitrogens is 1. The number of rotatable bonds is 3. The molecule has 3 aromatic rings. The lowest BCUT2D eigenvalue weighted by atomic mass is 10.3. The highest BCUT2D eigenvalue weighted by Gasteiger charge is 2.05. The van der Waals surface area contributed by atoms with Gasteiger partial charge in [-0.3, -0.25) is 0 Å². The molecule has 0 aliphatic heterocycles. The van der Waals surface area contributed by atoms with E-state index >= 15 is 0 Å². The van der Waals surface area contributed by atoms with E-state index < -0.39 is 0 Å². The van der Waals surface area contributed by atoms with E-state index in [1.54, 1.807) is 18.2 Å². The number of aromatic amines is 1. The minimum absolute atomic E-state index is 0.204. The summed E-state index contributed by atoms with van der Waals surface area (Å²) in [4.78, 5) is 0.707. The molecule has 0 atom stereocenters. The van der Waals surface area contributed by atoms with Crippen LogP contribution in [0.2, 0.25) is 0 Å². The summed E-state index contributed by atoms with van der Waals surface area (Å²) in [5.41, 5.74) is 1.05. The summed E-state index contributed by atoms with van der Waals surface area (Å²) >= 11 is 0. The fraction of sp³-hybridized carbons (Fsp3) is 0.125. The Kier molecular flexibility index (Phi) is 2.07. The van der Waals surface area contributed by atoms with Gasteiger partial charge in [0.2, 0.25) is 5.82 Å². The number of fused-ring (bicyclic) bond motifs is 1. The van der Waals surface area contributed by atoms with Gasteiger partial charge in [0.15, 0.2) is 6.61 Å². The van der Waals surface area contributed by atoms with Crippen molar-refractivity contribution in [2.45, 2.75) is 6.61 Å². The van der Waals surface area contributed by atoms with Crippen LogP contribution in [0.5, 0.6) is 5.75 Å². The fourth-order valence-corrected chi connectivity index (χ4v) is 1.37. The van der Waals surface area contributed by atoms with E-state index in [2.05, 4.69) is 30.9 Å². The number of benzene rings is 1. The Balaban J connectivity index is 1.81. The molecule has 0 radical (unpaired) electrons. The molecule has 2 aromatic heterocycles. The molecular weight excluding hydrogens is 226 g/mol. The van der Waals surface area contributed by atoms with Gasteiger partial charge < -0.3 is 9.94 Å². The number of tetrazole rings is 1. The zero-order chi connectivity index (χ0) is 11.7.